The minimum atomic E-state index is -1.08. The zero-order chi connectivity index (χ0) is 10.7. The Labute approximate surface area is 69.4 Å². The van der Waals surface area contributed by atoms with Crippen molar-refractivity contribution in [3.63, 3.8) is 0 Å². The Bertz CT molecular complexity index is 115. The number of rotatable bonds is 0. The second-order valence-electron chi connectivity index (χ2n) is 1.47. The third-order valence-electron chi connectivity index (χ3n) is 0. The molecule has 0 aromatic rings. The Balaban J connectivity index is -0.0000000450. The first-order valence-electron chi connectivity index (χ1n) is 2.72. The third kappa shape index (κ3) is 77.0. The van der Waals surface area contributed by atoms with Crippen LogP contribution in [-0.2, 0) is 14.4 Å². The van der Waals surface area contributed by atoms with E-state index in [-0.39, 0.29) is 0 Å². The number of carboxylic acid groups (broad SMARTS) is 3. The summed E-state index contributed by atoms with van der Waals surface area (Å²) >= 11 is 0. The van der Waals surface area contributed by atoms with Gasteiger partial charge in [0.15, 0.2) is 0 Å². The summed E-state index contributed by atoms with van der Waals surface area (Å²) < 4.78 is 0. The van der Waals surface area contributed by atoms with Crippen LogP contribution in [0, 0.1) is 0 Å². The van der Waals surface area contributed by atoms with Crippen molar-refractivity contribution in [3.8, 4) is 0 Å². The van der Waals surface area contributed by atoms with E-state index in [0.29, 0.717) is 0 Å². The molecule has 0 aliphatic rings. The number of carboxylic acids is 3. The molecule has 0 N–H and O–H groups in total. The fourth-order valence-corrected chi connectivity index (χ4v) is 0. The molecule has 0 unspecified atom stereocenters. The molecule has 0 aromatic heterocycles. The molecule has 0 fully saturated rings. The largest absolute Gasteiger partial charge is 3.00 e. The van der Waals surface area contributed by atoms with Crippen molar-refractivity contribution >= 4 is 17.9 Å². The second kappa shape index (κ2) is 16.2. The molecule has 0 amide bonds. The van der Waals surface area contributed by atoms with Gasteiger partial charge in [-0.1, -0.05) is 0 Å². The van der Waals surface area contributed by atoms with Gasteiger partial charge in [-0.15, -0.1) is 0 Å². The molecular formula is C6H9LrO6. The van der Waals surface area contributed by atoms with Crippen LogP contribution >= 0.6 is 0 Å². The molecule has 0 radical (unpaired) electrons. The Kier molecular flexibility index (Phi) is 28.0. The van der Waals surface area contributed by atoms with Gasteiger partial charge in [0.2, 0.25) is 0 Å². The zero-order valence-electron chi connectivity index (χ0n) is 7.21. The molecule has 0 aromatic carbocycles. The van der Waals surface area contributed by atoms with E-state index in [9.17, 15) is 0 Å². The van der Waals surface area contributed by atoms with Crippen molar-refractivity contribution < 1.29 is 29.7 Å². The van der Waals surface area contributed by atoms with Gasteiger partial charge >= 0.3 is 0 Å². The Hall–Kier alpha value is -2.59. The van der Waals surface area contributed by atoms with Crippen molar-refractivity contribution in [2.45, 2.75) is 20.8 Å². The first-order chi connectivity index (χ1) is 5.20. The predicted octanol–water partition coefficient (Wildman–Crippen LogP) is -3.73. The topological polar surface area (TPSA) is 120 Å². The first kappa shape index (κ1) is 22.4. The summed E-state index contributed by atoms with van der Waals surface area (Å²) in [6.45, 7) is 2.92. The van der Waals surface area contributed by atoms with Crippen LogP contribution in [0.2, 0.25) is 0 Å². The van der Waals surface area contributed by atoms with E-state index in [1.165, 1.54) is 0 Å². The van der Waals surface area contributed by atoms with Crippen molar-refractivity contribution in [2.75, 3.05) is 0 Å². The van der Waals surface area contributed by atoms with E-state index >= 15 is 0 Å². The van der Waals surface area contributed by atoms with E-state index in [4.69, 9.17) is 29.7 Å². The maximum Gasteiger partial charge on any atom is 3.00 e. The summed E-state index contributed by atoms with van der Waals surface area (Å²) in [7, 11) is 0. The quantitative estimate of drug-likeness (QED) is 0.383. The van der Waals surface area contributed by atoms with Gasteiger partial charge in [0.25, 0.3) is 0 Å². The van der Waals surface area contributed by atoms with Crippen LogP contribution in [0.15, 0.2) is 0 Å². The molecule has 0 saturated heterocycles. The minimum absolute atomic E-state index is 0. The van der Waals surface area contributed by atoms with Crippen molar-refractivity contribution in [3.05, 3.63) is 0 Å². The Morgan fingerprint density at radius 2 is 0.692 bits per heavy atom. The van der Waals surface area contributed by atoms with Crippen LogP contribution < -0.4 is 15.3 Å². The van der Waals surface area contributed by atoms with E-state index in [2.05, 4.69) is 0 Å². The van der Waals surface area contributed by atoms with E-state index in [1.807, 2.05) is 0 Å². The van der Waals surface area contributed by atoms with Gasteiger partial charge in [-0.05, 0) is 20.8 Å². The molecule has 0 spiro atoms. The summed E-state index contributed by atoms with van der Waals surface area (Å²) in [6, 6.07) is 0. The molecule has 84 valence electrons. The number of carbonyl (C=O) groups excluding carboxylic acids is 3. The second-order valence-corrected chi connectivity index (χ2v) is 1.47. The summed E-state index contributed by atoms with van der Waals surface area (Å²) in [5.74, 6) is -3.25. The number of aliphatic carboxylic acids is 3. The molecule has 0 bridgehead atoms. The van der Waals surface area contributed by atoms with E-state index in [1.54, 1.807) is 0 Å². The average molecular weight is 439 g/mol. The molecule has 0 heterocycles. The molecule has 0 aliphatic heterocycles. The van der Waals surface area contributed by atoms with Crippen LogP contribution in [0.4, 0.5) is 0 Å². The Morgan fingerprint density at radius 3 is 0.692 bits per heavy atom. The molecule has 6 nitrogen and oxygen atoms in total. The van der Waals surface area contributed by atoms with Crippen molar-refractivity contribution in [2.24, 2.45) is 0 Å². The van der Waals surface area contributed by atoms with Crippen LogP contribution in [0.1, 0.15) is 20.8 Å². The number of hydrogen-bond donors (Lipinski definition) is 0. The SMILES string of the molecule is CC(=O)[O-].CC(=O)[O-].CC(=O)[O-].[Lr+3]. The van der Waals surface area contributed by atoms with Gasteiger partial charge in [-0.3, -0.25) is 0 Å². The van der Waals surface area contributed by atoms with Gasteiger partial charge in [0.1, 0.15) is 0 Å². The predicted molar refractivity (Wildman–Crippen MR) is 32.0 cm³/mol. The van der Waals surface area contributed by atoms with Crippen LogP contribution in [-0.4, -0.2) is 17.9 Å². The maximum absolute atomic E-state index is 8.89. The molecule has 7 heteroatoms. The smallest absolute Gasteiger partial charge is 0.550 e. The van der Waals surface area contributed by atoms with Crippen LogP contribution in [0.3, 0.4) is 0 Å². The average Bonchev–Trinajstić information content (AvgIpc) is 1.54. The van der Waals surface area contributed by atoms with E-state index < -0.39 is 17.9 Å². The fourth-order valence-electron chi connectivity index (χ4n) is 0. The standard InChI is InChI=1S/3C2H4O2.Lr/c3*1-2(3)4;/h3*1H3,(H,3,4);/q;;;+3/p-3. The van der Waals surface area contributed by atoms with Gasteiger partial charge < -0.3 is 29.7 Å². The summed E-state index contributed by atoms with van der Waals surface area (Å²) in [5.41, 5.74) is 0. The van der Waals surface area contributed by atoms with Crippen molar-refractivity contribution in [1.82, 2.24) is 0 Å². The molecule has 0 saturated carbocycles. The maximum atomic E-state index is 8.89. The summed E-state index contributed by atoms with van der Waals surface area (Å²) in [6.07, 6.45) is 0. The number of hydrogen-bond acceptors (Lipinski definition) is 6. The molecule has 13 heavy (non-hydrogen) atoms. The van der Waals surface area contributed by atoms with Crippen molar-refractivity contribution in [1.29, 1.82) is 0 Å². The van der Waals surface area contributed by atoms with Gasteiger partial charge in [-0.25, -0.2) is 0 Å². The van der Waals surface area contributed by atoms with Gasteiger partial charge in [0, 0.05) is 17.9 Å². The third-order valence-corrected chi connectivity index (χ3v) is 0. The van der Waals surface area contributed by atoms with E-state index in [0.717, 1.165) is 20.8 Å². The summed E-state index contributed by atoms with van der Waals surface area (Å²) in [4.78, 5) is 26.7. The first-order valence-corrected chi connectivity index (χ1v) is 2.72. The molecule has 0 aliphatic carbocycles. The molecule has 0 rings (SSSR count). The monoisotopic (exact) mass is 439 g/mol. The molecule has 0 atom stereocenters. The fraction of sp³-hybridized carbons (Fsp3) is 0.500. The number of carbonyl (C=O) groups is 3. The molecular weight excluding hydrogens is 430 g/mol. The van der Waals surface area contributed by atoms with Crippen LogP contribution in [0.25, 0.3) is 0 Å². The summed E-state index contributed by atoms with van der Waals surface area (Å²) in [5, 5.41) is 26.7. The Morgan fingerprint density at radius 1 is 0.692 bits per heavy atom. The minimum Gasteiger partial charge on any atom is -0.550 e. The van der Waals surface area contributed by atoms with Crippen LogP contribution in [0.5, 0.6) is 0 Å². The zero-order valence-corrected chi connectivity index (χ0v) is 9.36. The van der Waals surface area contributed by atoms with Gasteiger partial charge in [-0.2, -0.15) is 0 Å². The van der Waals surface area contributed by atoms with Gasteiger partial charge in [0.05, 0.1) is 0 Å². The normalized spacial score (nSPS) is 5.77.